The summed E-state index contributed by atoms with van der Waals surface area (Å²) in [7, 11) is -1.96. The molecule has 3 N–H and O–H groups in total. The molecular weight excluding hydrogens is 228 g/mol. The largest absolute Gasteiger partial charge is 0.399 e. The van der Waals surface area contributed by atoms with Gasteiger partial charge in [-0.2, -0.15) is 0 Å². The van der Waals surface area contributed by atoms with Crippen molar-refractivity contribution in [3.63, 3.8) is 0 Å². The molecule has 0 bridgehead atoms. The summed E-state index contributed by atoms with van der Waals surface area (Å²) in [6.07, 6.45) is 0. The monoisotopic (exact) mass is 244 g/mol. The first-order valence-electron chi connectivity index (χ1n) is 4.82. The number of nitrogens with two attached hydrogens (primary N) is 1. The Labute approximate surface area is 95.7 Å². The summed E-state index contributed by atoms with van der Waals surface area (Å²) in [6, 6.07) is 5.77. The van der Waals surface area contributed by atoms with Gasteiger partial charge in [-0.3, -0.25) is 0 Å². The zero-order valence-electron chi connectivity index (χ0n) is 9.30. The van der Waals surface area contributed by atoms with Crippen LogP contribution in [0.4, 0.5) is 5.69 Å². The lowest BCUT2D eigenvalue weighted by Gasteiger charge is -2.13. The second kappa shape index (κ2) is 5.29. The first kappa shape index (κ1) is 13.0. The van der Waals surface area contributed by atoms with Crippen molar-refractivity contribution < 1.29 is 13.2 Å². The molecule has 0 aliphatic rings. The van der Waals surface area contributed by atoms with Gasteiger partial charge in [-0.05, 0) is 31.2 Å². The van der Waals surface area contributed by atoms with Gasteiger partial charge in [-0.25, -0.2) is 13.1 Å². The number of ether oxygens (including phenoxy) is 1. The van der Waals surface area contributed by atoms with Crippen LogP contribution in [-0.2, 0) is 14.8 Å². The summed E-state index contributed by atoms with van der Waals surface area (Å²) in [5, 5.41) is 0. The predicted octanol–water partition coefficient (Wildman–Crippen LogP) is 0.582. The number of hydrogen-bond acceptors (Lipinski definition) is 4. The number of nitrogen functional groups attached to an aromatic ring is 1. The molecule has 0 saturated carbocycles. The summed E-state index contributed by atoms with van der Waals surface area (Å²) >= 11 is 0. The molecule has 0 unspecified atom stereocenters. The van der Waals surface area contributed by atoms with Crippen molar-refractivity contribution in [3.05, 3.63) is 24.3 Å². The zero-order valence-corrected chi connectivity index (χ0v) is 10.1. The van der Waals surface area contributed by atoms with E-state index < -0.39 is 10.0 Å². The van der Waals surface area contributed by atoms with Gasteiger partial charge in [-0.1, -0.05) is 0 Å². The van der Waals surface area contributed by atoms with Gasteiger partial charge in [0.1, 0.15) is 0 Å². The smallest absolute Gasteiger partial charge is 0.240 e. The Bertz CT molecular complexity index is 428. The van der Waals surface area contributed by atoms with Gasteiger partial charge in [-0.15, -0.1) is 0 Å². The third-order valence-corrected chi connectivity index (χ3v) is 3.57. The van der Waals surface area contributed by atoms with Crippen molar-refractivity contribution in [1.82, 2.24) is 4.72 Å². The predicted molar refractivity (Wildman–Crippen MR) is 62.5 cm³/mol. The quantitative estimate of drug-likeness (QED) is 0.742. The van der Waals surface area contributed by atoms with Gasteiger partial charge in [0, 0.05) is 18.8 Å². The topological polar surface area (TPSA) is 81.4 Å². The Hall–Kier alpha value is -1.11. The standard InChI is InChI=1S/C10H16N2O3S/c1-8(7-15-2)12-16(13,14)10-5-3-9(11)4-6-10/h3-6,8,12H,7,11H2,1-2H3/t8-/m0/s1. The van der Waals surface area contributed by atoms with Crippen LogP contribution in [0.3, 0.4) is 0 Å². The molecular formula is C10H16N2O3S. The molecule has 0 aliphatic carbocycles. The van der Waals surface area contributed by atoms with Crippen molar-refractivity contribution in [3.8, 4) is 0 Å². The molecule has 90 valence electrons. The van der Waals surface area contributed by atoms with Crippen LogP contribution in [0.1, 0.15) is 6.92 Å². The van der Waals surface area contributed by atoms with Crippen molar-refractivity contribution in [2.24, 2.45) is 0 Å². The lowest BCUT2D eigenvalue weighted by atomic mass is 10.3. The average molecular weight is 244 g/mol. The second-order valence-corrected chi connectivity index (χ2v) is 5.26. The minimum atomic E-state index is -3.48. The van der Waals surface area contributed by atoms with Crippen LogP contribution >= 0.6 is 0 Å². The number of hydrogen-bond donors (Lipinski definition) is 2. The molecule has 0 spiro atoms. The van der Waals surface area contributed by atoms with E-state index in [1.165, 1.54) is 19.2 Å². The third-order valence-electron chi connectivity index (χ3n) is 1.96. The van der Waals surface area contributed by atoms with E-state index in [4.69, 9.17) is 10.5 Å². The van der Waals surface area contributed by atoms with Gasteiger partial charge < -0.3 is 10.5 Å². The number of methoxy groups -OCH3 is 1. The maximum atomic E-state index is 11.8. The number of anilines is 1. The van der Waals surface area contributed by atoms with Gasteiger partial charge in [0.05, 0.1) is 11.5 Å². The highest BCUT2D eigenvalue weighted by Gasteiger charge is 2.16. The van der Waals surface area contributed by atoms with E-state index >= 15 is 0 Å². The maximum Gasteiger partial charge on any atom is 0.240 e. The maximum absolute atomic E-state index is 11.8. The first-order valence-corrected chi connectivity index (χ1v) is 6.31. The lowest BCUT2D eigenvalue weighted by Crippen LogP contribution is -2.35. The van der Waals surface area contributed by atoms with Crippen LogP contribution in [0.15, 0.2) is 29.2 Å². The van der Waals surface area contributed by atoms with Crippen LogP contribution in [-0.4, -0.2) is 28.2 Å². The summed E-state index contributed by atoms with van der Waals surface area (Å²) in [4.78, 5) is 0.199. The Morgan fingerprint density at radius 2 is 1.94 bits per heavy atom. The highest BCUT2D eigenvalue weighted by atomic mass is 32.2. The number of rotatable bonds is 5. The van der Waals surface area contributed by atoms with Crippen molar-refractivity contribution >= 4 is 15.7 Å². The van der Waals surface area contributed by atoms with Gasteiger partial charge in [0.25, 0.3) is 0 Å². The average Bonchev–Trinajstić information content (AvgIpc) is 2.17. The van der Waals surface area contributed by atoms with Gasteiger partial charge >= 0.3 is 0 Å². The molecule has 1 rings (SSSR count). The van der Waals surface area contributed by atoms with E-state index in [-0.39, 0.29) is 10.9 Å². The number of sulfonamides is 1. The summed E-state index contributed by atoms with van der Waals surface area (Å²) in [6.45, 7) is 2.06. The highest BCUT2D eigenvalue weighted by molar-refractivity contribution is 7.89. The number of nitrogens with one attached hydrogen (secondary N) is 1. The SMILES string of the molecule is COC[C@H](C)NS(=O)(=O)c1ccc(N)cc1. The fourth-order valence-corrected chi connectivity index (χ4v) is 2.49. The Balaban J connectivity index is 2.82. The Morgan fingerprint density at radius 1 is 1.38 bits per heavy atom. The molecule has 0 aromatic heterocycles. The minimum Gasteiger partial charge on any atom is -0.399 e. The molecule has 0 amide bonds. The van der Waals surface area contributed by atoms with Gasteiger partial charge in [0.15, 0.2) is 0 Å². The molecule has 1 aromatic rings. The normalized spacial score (nSPS) is 13.6. The first-order chi connectivity index (χ1) is 7.45. The second-order valence-electron chi connectivity index (χ2n) is 3.55. The van der Waals surface area contributed by atoms with E-state index in [9.17, 15) is 8.42 Å². The van der Waals surface area contributed by atoms with Crippen molar-refractivity contribution in [1.29, 1.82) is 0 Å². The van der Waals surface area contributed by atoms with E-state index in [2.05, 4.69) is 4.72 Å². The van der Waals surface area contributed by atoms with Crippen LogP contribution in [0, 0.1) is 0 Å². The third kappa shape index (κ3) is 3.48. The van der Waals surface area contributed by atoms with Crippen molar-refractivity contribution in [2.45, 2.75) is 17.9 Å². The van der Waals surface area contributed by atoms with E-state index in [1.807, 2.05) is 0 Å². The Morgan fingerprint density at radius 3 is 2.44 bits per heavy atom. The van der Waals surface area contributed by atoms with E-state index in [0.29, 0.717) is 12.3 Å². The van der Waals surface area contributed by atoms with Crippen LogP contribution in [0.5, 0.6) is 0 Å². The Kier molecular flexibility index (Phi) is 4.28. The zero-order chi connectivity index (χ0) is 12.2. The van der Waals surface area contributed by atoms with Crippen molar-refractivity contribution in [2.75, 3.05) is 19.5 Å². The molecule has 0 saturated heterocycles. The molecule has 0 fully saturated rings. The molecule has 6 heteroatoms. The number of benzene rings is 1. The highest BCUT2D eigenvalue weighted by Crippen LogP contribution is 2.11. The molecule has 1 atom stereocenters. The molecule has 16 heavy (non-hydrogen) atoms. The molecule has 1 aromatic carbocycles. The summed E-state index contributed by atoms with van der Waals surface area (Å²) < 4.78 is 31.0. The van der Waals surface area contributed by atoms with Crippen LogP contribution in [0.25, 0.3) is 0 Å². The summed E-state index contributed by atoms with van der Waals surface area (Å²) in [5.74, 6) is 0. The molecule has 0 radical (unpaired) electrons. The molecule has 0 heterocycles. The van der Waals surface area contributed by atoms with Crippen LogP contribution < -0.4 is 10.5 Å². The van der Waals surface area contributed by atoms with Gasteiger partial charge in [0.2, 0.25) is 10.0 Å². The van der Waals surface area contributed by atoms with Crippen LogP contribution in [0.2, 0.25) is 0 Å². The summed E-state index contributed by atoms with van der Waals surface area (Å²) in [5.41, 5.74) is 6.02. The molecule has 5 nitrogen and oxygen atoms in total. The fraction of sp³-hybridized carbons (Fsp3) is 0.400. The fourth-order valence-electron chi connectivity index (χ4n) is 1.26. The lowest BCUT2D eigenvalue weighted by molar-refractivity contribution is 0.180. The molecule has 0 aliphatic heterocycles. The van der Waals surface area contributed by atoms with E-state index in [1.54, 1.807) is 19.1 Å². The minimum absolute atomic E-state index is 0.199. The van der Waals surface area contributed by atoms with E-state index in [0.717, 1.165) is 0 Å².